The number of nitrogens with one attached hydrogen (secondary N) is 1. The van der Waals surface area contributed by atoms with Crippen LogP contribution in [-0.4, -0.2) is 39.2 Å². The van der Waals surface area contributed by atoms with Gasteiger partial charge in [0, 0.05) is 24.8 Å². The van der Waals surface area contributed by atoms with Crippen molar-refractivity contribution in [3.05, 3.63) is 51.9 Å². The second-order valence-corrected chi connectivity index (χ2v) is 8.63. The van der Waals surface area contributed by atoms with Gasteiger partial charge in [0.2, 0.25) is 16.0 Å². The van der Waals surface area contributed by atoms with E-state index >= 15 is 0 Å². The van der Waals surface area contributed by atoms with Gasteiger partial charge in [0.1, 0.15) is 11.8 Å². The minimum Gasteiger partial charge on any atom is -0.491 e. The summed E-state index contributed by atoms with van der Waals surface area (Å²) in [5, 5.41) is 8.09. The van der Waals surface area contributed by atoms with Crippen molar-refractivity contribution in [3.63, 3.8) is 0 Å². The number of fused-ring (bicyclic) bond motifs is 1. The van der Waals surface area contributed by atoms with Crippen LogP contribution in [0.15, 0.2) is 35.1 Å². The predicted octanol–water partition coefficient (Wildman–Crippen LogP) is 2.53. The van der Waals surface area contributed by atoms with Crippen molar-refractivity contribution in [3.8, 4) is 5.75 Å². The van der Waals surface area contributed by atoms with Crippen LogP contribution in [0.4, 0.5) is 5.13 Å². The average Bonchev–Trinajstić information content (AvgIpc) is 3.33. The van der Waals surface area contributed by atoms with Crippen molar-refractivity contribution < 1.29 is 9.53 Å². The van der Waals surface area contributed by atoms with Crippen LogP contribution < -0.4 is 20.5 Å². The number of carbonyl (C=O) groups is 1. The molecule has 0 radical (unpaired) electrons. The molecule has 1 amide bonds. The quantitative estimate of drug-likeness (QED) is 0.650. The number of aryl methyl sites for hydroxylation is 1. The van der Waals surface area contributed by atoms with Crippen LogP contribution in [0.25, 0.3) is 4.96 Å². The third-order valence-corrected chi connectivity index (χ3v) is 5.87. The van der Waals surface area contributed by atoms with E-state index < -0.39 is 0 Å². The van der Waals surface area contributed by atoms with Gasteiger partial charge < -0.3 is 15.0 Å². The molecule has 8 nitrogen and oxygen atoms in total. The molecular formula is C21H25N5O3S. The molecular weight excluding hydrogens is 402 g/mol. The first-order chi connectivity index (χ1) is 14.4. The summed E-state index contributed by atoms with van der Waals surface area (Å²) in [5.41, 5.74) is 1.47. The van der Waals surface area contributed by atoms with E-state index in [0.29, 0.717) is 22.3 Å². The van der Waals surface area contributed by atoms with Crippen LogP contribution in [-0.2, 0) is 11.3 Å². The van der Waals surface area contributed by atoms with Crippen LogP contribution in [0.2, 0.25) is 0 Å². The number of hydrogen-bond acceptors (Lipinski definition) is 7. The molecule has 0 unspecified atom stereocenters. The van der Waals surface area contributed by atoms with E-state index in [1.165, 1.54) is 21.9 Å². The number of benzene rings is 1. The minimum absolute atomic E-state index is 0.0363. The van der Waals surface area contributed by atoms with Crippen LogP contribution in [0, 0.1) is 6.92 Å². The number of aromatic nitrogens is 3. The van der Waals surface area contributed by atoms with Crippen molar-refractivity contribution in [1.29, 1.82) is 0 Å². The first kappa shape index (κ1) is 20.3. The highest BCUT2D eigenvalue weighted by Crippen LogP contribution is 2.29. The Labute approximate surface area is 178 Å². The van der Waals surface area contributed by atoms with E-state index in [2.05, 4.69) is 15.4 Å². The van der Waals surface area contributed by atoms with Gasteiger partial charge in [-0.1, -0.05) is 23.5 Å². The number of nitrogens with zero attached hydrogens (tertiary/aromatic N) is 4. The van der Waals surface area contributed by atoms with Gasteiger partial charge in [-0.2, -0.15) is 4.52 Å². The molecule has 30 heavy (non-hydrogen) atoms. The fourth-order valence-corrected chi connectivity index (χ4v) is 4.59. The van der Waals surface area contributed by atoms with E-state index in [1.807, 2.05) is 43.0 Å². The smallest absolute Gasteiger partial charge is 0.275 e. The standard InChI is InChI=1S/C21H25N5O3S/c1-13(2)29-16-8-6-15(7-9-16)12-22-19(28)17-5-4-10-25(17)21-24-26-18(27)11-14(3)23-20(26)30-21/h6-9,11,13,17H,4-5,10,12H2,1-3H3,(H,22,28)/t17-/m1/s1. The van der Waals surface area contributed by atoms with Gasteiger partial charge in [-0.05, 0) is 51.3 Å². The molecule has 0 bridgehead atoms. The summed E-state index contributed by atoms with van der Waals surface area (Å²) in [7, 11) is 0. The van der Waals surface area contributed by atoms with E-state index in [1.54, 1.807) is 6.92 Å². The Balaban J connectivity index is 1.44. The van der Waals surface area contributed by atoms with E-state index in [9.17, 15) is 9.59 Å². The average molecular weight is 428 g/mol. The normalized spacial score (nSPS) is 16.4. The first-order valence-electron chi connectivity index (χ1n) is 10.1. The molecule has 3 aromatic rings. The van der Waals surface area contributed by atoms with Crippen molar-refractivity contribution in [2.45, 2.75) is 52.3 Å². The Hall–Kier alpha value is -2.94. The second kappa shape index (κ2) is 8.43. The SMILES string of the molecule is Cc1cc(=O)n2nc(N3CCC[C@@H]3C(=O)NCc3ccc(OC(C)C)cc3)sc2n1. The number of amides is 1. The molecule has 1 aliphatic heterocycles. The largest absolute Gasteiger partial charge is 0.491 e. The zero-order valence-electron chi connectivity index (χ0n) is 17.3. The molecule has 158 valence electrons. The Morgan fingerprint density at radius 1 is 1.33 bits per heavy atom. The van der Waals surface area contributed by atoms with E-state index in [-0.39, 0.29) is 23.6 Å². The summed E-state index contributed by atoms with van der Waals surface area (Å²) < 4.78 is 6.96. The maximum Gasteiger partial charge on any atom is 0.275 e. The van der Waals surface area contributed by atoms with E-state index in [0.717, 1.165) is 30.7 Å². The summed E-state index contributed by atoms with van der Waals surface area (Å²) in [5.74, 6) is 0.780. The summed E-state index contributed by atoms with van der Waals surface area (Å²) in [4.78, 5) is 31.9. The molecule has 1 aromatic carbocycles. The van der Waals surface area contributed by atoms with Crippen LogP contribution in [0.1, 0.15) is 37.9 Å². The maximum absolute atomic E-state index is 12.9. The fraction of sp³-hybridized carbons (Fsp3) is 0.429. The molecule has 0 saturated carbocycles. The lowest BCUT2D eigenvalue weighted by molar-refractivity contribution is -0.122. The summed E-state index contributed by atoms with van der Waals surface area (Å²) in [6.07, 6.45) is 1.78. The molecule has 1 saturated heterocycles. The minimum atomic E-state index is -0.300. The number of anilines is 1. The van der Waals surface area contributed by atoms with Gasteiger partial charge in [-0.25, -0.2) is 4.98 Å². The lowest BCUT2D eigenvalue weighted by Gasteiger charge is -2.22. The topological polar surface area (TPSA) is 88.8 Å². The molecule has 4 rings (SSSR count). The Kier molecular flexibility index (Phi) is 5.72. The highest BCUT2D eigenvalue weighted by molar-refractivity contribution is 7.20. The van der Waals surface area contributed by atoms with Gasteiger partial charge >= 0.3 is 0 Å². The Morgan fingerprint density at radius 3 is 2.83 bits per heavy atom. The molecule has 0 aliphatic carbocycles. The van der Waals surface area contributed by atoms with Crippen molar-refractivity contribution in [2.24, 2.45) is 0 Å². The summed E-state index contributed by atoms with van der Waals surface area (Å²) in [6.45, 7) is 6.94. The van der Waals surface area contributed by atoms with Gasteiger partial charge in [-0.15, -0.1) is 5.10 Å². The molecule has 1 N–H and O–H groups in total. The molecule has 1 atom stereocenters. The van der Waals surface area contributed by atoms with Crippen molar-refractivity contribution in [1.82, 2.24) is 19.9 Å². The molecule has 0 spiro atoms. The lowest BCUT2D eigenvalue weighted by Crippen LogP contribution is -2.43. The first-order valence-corrected chi connectivity index (χ1v) is 10.9. The van der Waals surface area contributed by atoms with Crippen molar-refractivity contribution in [2.75, 3.05) is 11.4 Å². The molecule has 1 aliphatic rings. The Bertz CT molecular complexity index is 1110. The molecule has 3 heterocycles. The zero-order valence-corrected chi connectivity index (χ0v) is 18.1. The lowest BCUT2D eigenvalue weighted by atomic mass is 10.2. The monoisotopic (exact) mass is 427 g/mol. The third kappa shape index (κ3) is 4.30. The highest BCUT2D eigenvalue weighted by atomic mass is 32.1. The zero-order chi connectivity index (χ0) is 21.3. The van der Waals surface area contributed by atoms with Crippen LogP contribution in [0.3, 0.4) is 0 Å². The molecule has 2 aromatic heterocycles. The molecule has 1 fully saturated rings. The number of carbonyl (C=O) groups excluding carboxylic acids is 1. The highest BCUT2D eigenvalue weighted by Gasteiger charge is 2.33. The van der Waals surface area contributed by atoms with Gasteiger partial charge in [-0.3, -0.25) is 9.59 Å². The fourth-order valence-electron chi connectivity index (χ4n) is 3.56. The predicted molar refractivity (Wildman–Crippen MR) is 116 cm³/mol. The van der Waals surface area contributed by atoms with Gasteiger partial charge in [0.15, 0.2) is 0 Å². The second-order valence-electron chi connectivity index (χ2n) is 7.69. The number of ether oxygens (including phenoxy) is 1. The van der Waals surface area contributed by atoms with Gasteiger partial charge in [0.05, 0.1) is 6.10 Å². The van der Waals surface area contributed by atoms with Crippen LogP contribution >= 0.6 is 11.3 Å². The number of rotatable bonds is 6. The number of hydrogen-bond donors (Lipinski definition) is 1. The van der Waals surface area contributed by atoms with Crippen molar-refractivity contribution >= 4 is 27.3 Å². The molecule has 9 heteroatoms. The van der Waals surface area contributed by atoms with E-state index in [4.69, 9.17) is 4.74 Å². The van der Waals surface area contributed by atoms with Crippen LogP contribution in [0.5, 0.6) is 5.75 Å². The summed E-state index contributed by atoms with van der Waals surface area (Å²) >= 11 is 1.34. The third-order valence-electron chi connectivity index (χ3n) is 4.93. The Morgan fingerprint density at radius 2 is 2.10 bits per heavy atom. The summed E-state index contributed by atoms with van der Waals surface area (Å²) in [6, 6.07) is 8.90. The maximum atomic E-state index is 12.9. The van der Waals surface area contributed by atoms with Gasteiger partial charge in [0.25, 0.3) is 5.56 Å².